The van der Waals surface area contributed by atoms with E-state index in [9.17, 15) is 4.79 Å². The molecule has 1 aliphatic heterocycles. The number of hydrogen-bond donors (Lipinski definition) is 0. The molecule has 5 heteroatoms. The molecule has 130 valence electrons. The molecule has 3 heterocycles. The lowest BCUT2D eigenvalue weighted by Gasteiger charge is -2.28. The number of hydrogen-bond acceptors (Lipinski definition) is 3. The SMILES string of the molecule is CCc1ccc(C2CCCCCN2C(=O)CCc2cnn(C)c2)o1. The fraction of sp³-hybridized carbons (Fsp3) is 0.579. The van der Waals surface area contributed by atoms with Crippen molar-refractivity contribution in [2.75, 3.05) is 6.54 Å². The summed E-state index contributed by atoms with van der Waals surface area (Å²) < 4.78 is 7.75. The highest BCUT2D eigenvalue weighted by Crippen LogP contribution is 2.32. The molecule has 0 spiro atoms. The van der Waals surface area contributed by atoms with Gasteiger partial charge in [-0.15, -0.1) is 0 Å². The van der Waals surface area contributed by atoms with Crippen molar-refractivity contribution >= 4 is 5.91 Å². The predicted octanol–water partition coefficient (Wildman–Crippen LogP) is 3.65. The topological polar surface area (TPSA) is 51.3 Å². The van der Waals surface area contributed by atoms with Crippen molar-refractivity contribution in [1.29, 1.82) is 0 Å². The Morgan fingerprint density at radius 1 is 1.33 bits per heavy atom. The molecular formula is C19H27N3O2. The number of aryl methyl sites for hydroxylation is 3. The Morgan fingerprint density at radius 2 is 2.21 bits per heavy atom. The molecule has 0 radical (unpaired) electrons. The quantitative estimate of drug-likeness (QED) is 0.841. The normalized spacial score (nSPS) is 18.6. The predicted molar refractivity (Wildman–Crippen MR) is 92.5 cm³/mol. The average molecular weight is 329 g/mol. The highest BCUT2D eigenvalue weighted by Gasteiger charge is 2.28. The van der Waals surface area contributed by atoms with Gasteiger partial charge in [-0.3, -0.25) is 9.48 Å². The standard InChI is InChI=1S/C19H27N3O2/c1-3-16-9-10-18(24-16)17-7-5-4-6-12-22(17)19(23)11-8-15-13-20-21(2)14-15/h9-10,13-14,17H,3-8,11-12H2,1-2H3. The van der Waals surface area contributed by atoms with Gasteiger partial charge in [-0.2, -0.15) is 5.10 Å². The monoisotopic (exact) mass is 329 g/mol. The highest BCUT2D eigenvalue weighted by molar-refractivity contribution is 5.77. The van der Waals surface area contributed by atoms with Crippen LogP contribution in [0.25, 0.3) is 0 Å². The fourth-order valence-corrected chi connectivity index (χ4v) is 3.46. The van der Waals surface area contributed by atoms with Gasteiger partial charge in [-0.25, -0.2) is 0 Å². The first-order valence-electron chi connectivity index (χ1n) is 9.03. The van der Waals surface area contributed by atoms with Gasteiger partial charge in [0, 0.05) is 32.6 Å². The van der Waals surface area contributed by atoms with Gasteiger partial charge in [-0.1, -0.05) is 19.8 Å². The average Bonchev–Trinajstić information content (AvgIpc) is 3.15. The molecule has 1 atom stereocenters. The molecule has 3 rings (SSSR count). The molecule has 1 saturated heterocycles. The molecular weight excluding hydrogens is 302 g/mol. The van der Waals surface area contributed by atoms with Gasteiger partial charge >= 0.3 is 0 Å². The molecule has 0 N–H and O–H groups in total. The Labute approximate surface area is 143 Å². The van der Waals surface area contributed by atoms with Crippen LogP contribution in [-0.4, -0.2) is 27.1 Å². The van der Waals surface area contributed by atoms with Crippen LogP contribution in [0.5, 0.6) is 0 Å². The van der Waals surface area contributed by atoms with Crippen molar-refractivity contribution in [2.45, 2.75) is 57.9 Å². The van der Waals surface area contributed by atoms with Crippen molar-refractivity contribution < 1.29 is 9.21 Å². The van der Waals surface area contributed by atoms with Crippen molar-refractivity contribution in [3.63, 3.8) is 0 Å². The van der Waals surface area contributed by atoms with Crippen LogP contribution in [0, 0.1) is 0 Å². The van der Waals surface area contributed by atoms with E-state index in [1.54, 1.807) is 4.68 Å². The molecule has 2 aromatic heterocycles. The molecule has 5 nitrogen and oxygen atoms in total. The summed E-state index contributed by atoms with van der Waals surface area (Å²) in [4.78, 5) is 14.9. The Morgan fingerprint density at radius 3 is 2.92 bits per heavy atom. The van der Waals surface area contributed by atoms with Crippen LogP contribution in [0.15, 0.2) is 28.9 Å². The number of likely N-dealkylation sites (tertiary alicyclic amines) is 1. The summed E-state index contributed by atoms with van der Waals surface area (Å²) in [6, 6.07) is 4.18. The maximum Gasteiger partial charge on any atom is 0.223 e. The Hall–Kier alpha value is -2.04. The van der Waals surface area contributed by atoms with Gasteiger partial charge in [0.25, 0.3) is 0 Å². The Balaban J connectivity index is 1.70. The number of carbonyl (C=O) groups excluding carboxylic acids is 1. The van der Waals surface area contributed by atoms with Crippen molar-refractivity contribution in [1.82, 2.24) is 14.7 Å². The van der Waals surface area contributed by atoms with Gasteiger partial charge in [-0.05, 0) is 37.0 Å². The maximum atomic E-state index is 12.8. The zero-order valence-corrected chi connectivity index (χ0v) is 14.7. The molecule has 0 bridgehead atoms. The molecule has 1 fully saturated rings. The maximum absolute atomic E-state index is 12.8. The Kier molecular flexibility index (Phi) is 5.38. The summed E-state index contributed by atoms with van der Waals surface area (Å²) in [6.07, 6.45) is 10.4. The summed E-state index contributed by atoms with van der Waals surface area (Å²) in [5.41, 5.74) is 1.11. The first-order valence-corrected chi connectivity index (χ1v) is 9.03. The van der Waals surface area contributed by atoms with Crippen LogP contribution in [0.2, 0.25) is 0 Å². The van der Waals surface area contributed by atoms with Crippen LogP contribution in [0.1, 0.15) is 62.2 Å². The number of amides is 1. The second kappa shape index (κ2) is 7.69. The molecule has 0 saturated carbocycles. The van der Waals surface area contributed by atoms with Gasteiger partial charge < -0.3 is 9.32 Å². The first kappa shape index (κ1) is 16.8. The first-order chi connectivity index (χ1) is 11.7. The second-order valence-electron chi connectivity index (χ2n) is 6.63. The fourth-order valence-electron chi connectivity index (χ4n) is 3.46. The molecule has 1 aliphatic rings. The van der Waals surface area contributed by atoms with E-state index in [2.05, 4.69) is 18.1 Å². The highest BCUT2D eigenvalue weighted by atomic mass is 16.3. The zero-order valence-electron chi connectivity index (χ0n) is 14.7. The second-order valence-corrected chi connectivity index (χ2v) is 6.63. The molecule has 1 amide bonds. The molecule has 2 aromatic rings. The number of rotatable bonds is 5. The lowest BCUT2D eigenvalue weighted by atomic mass is 10.1. The summed E-state index contributed by atoms with van der Waals surface area (Å²) in [5.74, 6) is 2.17. The lowest BCUT2D eigenvalue weighted by Crippen LogP contribution is -2.34. The number of aromatic nitrogens is 2. The molecule has 1 unspecified atom stereocenters. The van der Waals surface area contributed by atoms with E-state index >= 15 is 0 Å². The third-order valence-corrected chi connectivity index (χ3v) is 4.82. The van der Waals surface area contributed by atoms with Gasteiger partial charge in [0.15, 0.2) is 0 Å². The van der Waals surface area contributed by atoms with E-state index in [-0.39, 0.29) is 11.9 Å². The summed E-state index contributed by atoms with van der Waals surface area (Å²) >= 11 is 0. The number of carbonyl (C=O) groups is 1. The van der Waals surface area contributed by atoms with Crippen molar-refractivity contribution in [3.05, 3.63) is 41.6 Å². The molecule has 24 heavy (non-hydrogen) atoms. The van der Waals surface area contributed by atoms with Gasteiger partial charge in [0.2, 0.25) is 5.91 Å². The van der Waals surface area contributed by atoms with Crippen LogP contribution >= 0.6 is 0 Å². The van der Waals surface area contributed by atoms with E-state index in [0.717, 1.165) is 55.7 Å². The smallest absolute Gasteiger partial charge is 0.223 e. The molecule has 0 aliphatic carbocycles. The van der Waals surface area contributed by atoms with E-state index in [1.807, 2.05) is 30.4 Å². The van der Waals surface area contributed by atoms with E-state index in [1.165, 1.54) is 6.42 Å². The van der Waals surface area contributed by atoms with Crippen LogP contribution in [-0.2, 0) is 24.7 Å². The number of nitrogens with zero attached hydrogens (tertiary/aromatic N) is 3. The zero-order chi connectivity index (χ0) is 16.9. The summed E-state index contributed by atoms with van der Waals surface area (Å²) in [5, 5.41) is 4.17. The van der Waals surface area contributed by atoms with Crippen LogP contribution in [0.4, 0.5) is 0 Å². The van der Waals surface area contributed by atoms with Crippen LogP contribution < -0.4 is 0 Å². The van der Waals surface area contributed by atoms with E-state index in [4.69, 9.17) is 4.42 Å². The van der Waals surface area contributed by atoms with Crippen molar-refractivity contribution in [3.8, 4) is 0 Å². The van der Waals surface area contributed by atoms with Crippen LogP contribution in [0.3, 0.4) is 0 Å². The third kappa shape index (κ3) is 3.89. The molecule has 0 aromatic carbocycles. The van der Waals surface area contributed by atoms with E-state index in [0.29, 0.717) is 6.42 Å². The van der Waals surface area contributed by atoms with Gasteiger partial charge in [0.1, 0.15) is 11.5 Å². The van der Waals surface area contributed by atoms with Crippen molar-refractivity contribution in [2.24, 2.45) is 7.05 Å². The minimum absolute atomic E-state index is 0.0919. The Bertz CT molecular complexity index is 674. The largest absolute Gasteiger partial charge is 0.464 e. The minimum Gasteiger partial charge on any atom is -0.464 e. The minimum atomic E-state index is 0.0919. The summed E-state index contributed by atoms with van der Waals surface area (Å²) in [6.45, 7) is 2.92. The van der Waals surface area contributed by atoms with Gasteiger partial charge in [0.05, 0.1) is 12.2 Å². The lowest BCUT2D eigenvalue weighted by molar-refractivity contribution is -0.134. The van der Waals surface area contributed by atoms with E-state index < -0.39 is 0 Å². The number of furan rings is 1. The summed E-state index contributed by atoms with van der Waals surface area (Å²) in [7, 11) is 1.90. The third-order valence-electron chi connectivity index (χ3n) is 4.82.